The molecule has 4 aromatic rings. The molecule has 0 bridgehead atoms. The Labute approximate surface area is 213 Å². The molecule has 6 rings (SSSR count). The van der Waals surface area contributed by atoms with Crippen molar-refractivity contribution >= 4 is 11.7 Å². The summed E-state index contributed by atoms with van der Waals surface area (Å²) in [6.07, 6.45) is 0. The van der Waals surface area contributed by atoms with Crippen molar-refractivity contribution in [2.24, 2.45) is 0 Å². The molecule has 1 aliphatic carbocycles. The first-order valence-electron chi connectivity index (χ1n) is 12.2. The van der Waals surface area contributed by atoms with Crippen LogP contribution in [-0.2, 0) is 4.74 Å². The minimum Gasteiger partial charge on any atom is -0.492 e. The van der Waals surface area contributed by atoms with Crippen LogP contribution in [0.15, 0.2) is 66.7 Å². The van der Waals surface area contributed by atoms with E-state index < -0.39 is 0 Å². The molecule has 0 atom stereocenters. The first kappa shape index (κ1) is 23.3. The highest BCUT2D eigenvalue weighted by Gasteiger charge is 2.34. The molecule has 1 aromatic heterocycles. The SMILES string of the molecule is Nc1nc(-c2ccc(F)cc2)c2c(n1)-c1c(cccc1-c1ccc(OCCN3CCOCC3)cc1)C2=O. The van der Waals surface area contributed by atoms with Crippen LogP contribution in [0.5, 0.6) is 5.75 Å². The van der Waals surface area contributed by atoms with Crippen LogP contribution in [0.2, 0.25) is 0 Å². The molecule has 7 nitrogen and oxygen atoms in total. The third-order valence-electron chi connectivity index (χ3n) is 6.76. The van der Waals surface area contributed by atoms with Crippen molar-refractivity contribution in [3.63, 3.8) is 0 Å². The van der Waals surface area contributed by atoms with E-state index in [1.165, 1.54) is 12.1 Å². The number of ketones is 1. The fraction of sp³-hybridized carbons (Fsp3) is 0.207. The van der Waals surface area contributed by atoms with E-state index >= 15 is 0 Å². The highest BCUT2D eigenvalue weighted by Crippen LogP contribution is 2.45. The Kier molecular flexibility index (Phi) is 6.12. The second-order valence-electron chi connectivity index (χ2n) is 9.05. The maximum Gasteiger partial charge on any atom is 0.221 e. The van der Waals surface area contributed by atoms with Gasteiger partial charge in [0.2, 0.25) is 5.95 Å². The topological polar surface area (TPSA) is 90.6 Å². The number of carbonyl (C=O) groups excluding carboxylic acids is 1. The molecule has 1 aliphatic heterocycles. The summed E-state index contributed by atoms with van der Waals surface area (Å²) in [5.41, 5.74) is 11.0. The number of anilines is 1. The molecule has 1 saturated heterocycles. The first-order valence-corrected chi connectivity index (χ1v) is 12.2. The number of benzene rings is 3. The fourth-order valence-electron chi connectivity index (χ4n) is 4.91. The molecule has 2 heterocycles. The fourth-order valence-corrected chi connectivity index (χ4v) is 4.91. The zero-order valence-corrected chi connectivity index (χ0v) is 20.1. The smallest absolute Gasteiger partial charge is 0.221 e. The minimum atomic E-state index is -0.368. The number of nitrogen functional groups attached to an aromatic ring is 1. The first-order chi connectivity index (χ1) is 18.1. The summed E-state index contributed by atoms with van der Waals surface area (Å²) < 4.78 is 24.9. The van der Waals surface area contributed by atoms with Gasteiger partial charge < -0.3 is 15.2 Å². The number of rotatable bonds is 6. The lowest BCUT2D eigenvalue weighted by atomic mass is 9.96. The Morgan fingerprint density at radius 3 is 2.30 bits per heavy atom. The lowest BCUT2D eigenvalue weighted by molar-refractivity contribution is 0.0322. The molecule has 0 saturated carbocycles. The number of nitrogens with zero attached hydrogens (tertiary/aromatic N) is 3. The van der Waals surface area contributed by atoms with E-state index in [0.29, 0.717) is 34.7 Å². The van der Waals surface area contributed by atoms with Crippen molar-refractivity contribution in [1.29, 1.82) is 0 Å². The number of carbonyl (C=O) groups is 1. The minimum absolute atomic E-state index is 0.0533. The van der Waals surface area contributed by atoms with Crippen LogP contribution in [0.3, 0.4) is 0 Å². The largest absolute Gasteiger partial charge is 0.492 e. The quantitative estimate of drug-likeness (QED) is 0.371. The maximum absolute atomic E-state index is 13.5. The highest BCUT2D eigenvalue weighted by atomic mass is 19.1. The van der Waals surface area contributed by atoms with Gasteiger partial charge in [0, 0.05) is 36.3 Å². The number of ether oxygens (including phenoxy) is 2. The molecular formula is C29H25FN4O3. The number of morpholine rings is 1. The predicted octanol–water partition coefficient (Wildman–Crippen LogP) is 4.45. The van der Waals surface area contributed by atoms with Crippen LogP contribution < -0.4 is 10.5 Å². The van der Waals surface area contributed by atoms with Crippen LogP contribution >= 0.6 is 0 Å². The van der Waals surface area contributed by atoms with E-state index in [-0.39, 0.29) is 17.5 Å². The molecular weight excluding hydrogens is 471 g/mol. The van der Waals surface area contributed by atoms with Gasteiger partial charge >= 0.3 is 0 Å². The van der Waals surface area contributed by atoms with Crippen LogP contribution in [0.25, 0.3) is 33.6 Å². The van der Waals surface area contributed by atoms with Crippen LogP contribution in [0, 0.1) is 5.82 Å². The Hall–Kier alpha value is -4.14. The highest BCUT2D eigenvalue weighted by molar-refractivity contribution is 6.25. The number of hydrogen-bond acceptors (Lipinski definition) is 7. The van der Waals surface area contributed by atoms with Gasteiger partial charge in [-0.2, -0.15) is 0 Å². The average Bonchev–Trinajstić information content (AvgIpc) is 3.21. The van der Waals surface area contributed by atoms with Gasteiger partial charge in [0.15, 0.2) is 5.78 Å². The van der Waals surface area contributed by atoms with E-state index in [9.17, 15) is 9.18 Å². The Morgan fingerprint density at radius 1 is 0.865 bits per heavy atom. The Bertz CT molecular complexity index is 1470. The predicted molar refractivity (Wildman–Crippen MR) is 139 cm³/mol. The summed E-state index contributed by atoms with van der Waals surface area (Å²) in [5.74, 6) is 0.297. The van der Waals surface area contributed by atoms with Gasteiger partial charge in [0.1, 0.15) is 18.2 Å². The van der Waals surface area contributed by atoms with Crippen molar-refractivity contribution in [3.8, 4) is 39.4 Å². The summed E-state index contributed by atoms with van der Waals surface area (Å²) in [5, 5.41) is 0. The van der Waals surface area contributed by atoms with Gasteiger partial charge in [0.25, 0.3) is 0 Å². The molecule has 0 radical (unpaired) electrons. The Balaban J connectivity index is 1.31. The van der Waals surface area contributed by atoms with Crippen LogP contribution in [-0.4, -0.2) is 60.1 Å². The van der Waals surface area contributed by atoms with Crippen molar-refractivity contribution in [2.45, 2.75) is 0 Å². The standard InChI is InChI=1S/C29H25FN4O3/c30-20-8-4-19(5-9-20)26-25-27(33-29(31)32-26)24-22(2-1-3-23(24)28(25)35)18-6-10-21(11-7-18)37-17-14-34-12-15-36-16-13-34/h1-11H,12-17H2,(H2,31,32,33). The Morgan fingerprint density at radius 2 is 1.54 bits per heavy atom. The molecule has 186 valence electrons. The normalized spacial score (nSPS) is 14.9. The molecule has 8 heteroatoms. The van der Waals surface area contributed by atoms with E-state index in [2.05, 4.69) is 14.9 Å². The molecule has 0 spiro atoms. The van der Waals surface area contributed by atoms with Gasteiger partial charge in [-0.15, -0.1) is 0 Å². The molecule has 0 unspecified atom stereocenters. The van der Waals surface area contributed by atoms with Crippen LogP contribution in [0.4, 0.5) is 10.3 Å². The summed E-state index contributed by atoms with van der Waals surface area (Å²) in [7, 11) is 0. The maximum atomic E-state index is 13.5. The van der Waals surface area contributed by atoms with Gasteiger partial charge in [-0.25, -0.2) is 14.4 Å². The average molecular weight is 497 g/mol. The van der Waals surface area contributed by atoms with Gasteiger partial charge in [-0.05, 0) is 47.5 Å². The third-order valence-corrected chi connectivity index (χ3v) is 6.76. The van der Waals surface area contributed by atoms with Crippen molar-refractivity contribution in [1.82, 2.24) is 14.9 Å². The van der Waals surface area contributed by atoms with Crippen molar-refractivity contribution in [2.75, 3.05) is 45.2 Å². The molecule has 37 heavy (non-hydrogen) atoms. The number of fused-ring (bicyclic) bond motifs is 3. The van der Waals surface area contributed by atoms with Crippen molar-refractivity contribution < 1.29 is 18.7 Å². The summed E-state index contributed by atoms with van der Waals surface area (Å²) in [6.45, 7) is 4.85. The number of halogens is 1. The molecule has 0 amide bonds. The zero-order valence-electron chi connectivity index (χ0n) is 20.1. The van der Waals surface area contributed by atoms with Crippen LogP contribution in [0.1, 0.15) is 15.9 Å². The summed E-state index contributed by atoms with van der Waals surface area (Å²) >= 11 is 0. The molecule has 2 aliphatic rings. The van der Waals surface area contributed by atoms with Gasteiger partial charge in [0.05, 0.1) is 30.2 Å². The van der Waals surface area contributed by atoms with Gasteiger partial charge in [-0.3, -0.25) is 9.69 Å². The lowest BCUT2D eigenvalue weighted by Crippen LogP contribution is -2.38. The lowest BCUT2D eigenvalue weighted by Gasteiger charge is -2.26. The van der Waals surface area contributed by atoms with Gasteiger partial charge in [-0.1, -0.05) is 30.3 Å². The van der Waals surface area contributed by atoms with E-state index in [0.717, 1.165) is 55.3 Å². The number of nitrogens with two attached hydrogens (primary N) is 1. The second-order valence-corrected chi connectivity index (χ2v) is 9.05. The second kappa shape index (κ2) is 9.72. The van der Waals surface area contributed by atoms with E-state index in [1.54, 1.807) is 18.2 Å². The van der Waals surface area contributed by atoms with Crippen molar-refractivity contribution in [3.05, 3.63) is 83.7 Å². The molecule has 3 aromatic carbocycles. The zero-order chi connectivity index (χ0) is 25.4. The number of hydrogen-bond donors (Lipinski definition) is 1. The summed E-state index contributed by atoms with van der Waals surface area (Å²) in [4.78, 5) is 24.7. The molecule has 2 N–H and O–H groups in total. The summed E-state index contributed by atoms with van der Waals surface area (Å²) in [6, 6.07) is 19.3. The monoisotopic (exact) mass is 496 g/mol. The third kappa shape index (κ3) is 4.45. The van der Waals surface area contributed by atoms with E-state index in [4.69, 9.17) is 15.2 Å². The number of aromatic nitrogens is 2. The molecule has 1 fully saturated rings. The van der Waals surface area contributed by atoms with E-state index in [1.807, 2.05) is 36.4 Å².